The quantitative estimate of drug-likeness (QED) is 0.348. The number of hydrazone groups is 1. The summed E-state index contributed by atoms with van der Waals surface area (Å²) in [5, 5.41) is 6.75. The van der Waals surface area contributed by atoms with Crippen LogP contribution in [0.5, 0.6) is 0 Å². The van der Waals surface area contributed by atoms with Gasteiger partial charge in [-0.2, -0.15) is 5.10 Å². The first-order valence-electron chi connectivity index (χ1n) is 8.79. The summed E-state index contributed by atoms with van der Waals surface area (Å²) in [6.45, 7) is 6.34. The molecule has 130 valence electrons. The summed E-state index contributed by atoms with van der Waals surface area (Å²) in [6.07, 6.45) is 7.33. The fraction of sp³-hybridized carbons (Fsp3) is 0.875. The molecular formula is C16H29N5O2. The van der Waals surface area contributed by atoms with E-state index in [9.17, 15) is 4.79 Å². The summed E-state index contributed by atoms with van der Waals surface area (Å²) in [7, 11) is 0. The van der Waals surface area contributed by atoms with Gasteiger partial charge in [-0.05, 0) is 44.4 Å². The van der Waals surface area contributed by atoms with Crippen molar-refractivity contribution >= 4 is 12.4 Å². The number of nitrogens with two attached hydrogens (primary N) is 1. The van der Waals surface area contributed by atoms with Crippen LogP contribution in [-0.2, 0) is 4.74 Å². The van der Waals surface area contributed by atoms with Crippen LogP contribution in [0.1, 0.15) is 39.0 Å². The molecule has 0 aromatic carbocycles. The van der Waals surface area contributed by atoms with Gasteiger partial charge in [0.25, 0.3) is 0 Å². The first kappa shape index (κ1) is 16.4. The molecule has 0 atom stereocenters. The number of amides is 1. The van der Waals surface area contributed by atoms with E-state index in [1.807, 2.05) is 11.8 Å². The molecule has 3 rings (SSSR count). The van der Waals surface area contributed by atoms with Crippen LogP contribution in [0, 0.1) is 5.41 Å². The molecule has 1 spiro atoms. The van der Waals surface area contributed by atoms with Gasteiger partial charge in [-0.15, -0.1) is 0 Å². The van der Waals surface area contributed by atoms with Gasteiger partial charge in [-0.1, -0.05) is 0 Å². The molecule has 2 aliphatic heterocycles. The summed E-state index contributed by atoms with van der Waals surface area (Å²) in [6, 6.07) is 1.19. The number of hydrogen-bond donors (Lipinski definition) is 2. The van der Waals surface area contributed by atoms with Gasteiger partial charge in [0.1, 0.15) is 6.34 Å². The Morgan fingerprint density at radius 2 is 2.13 bits per heavy atom. The molecule has 0 bridgehead atoms. The Hall–Kier alpha value is -1.50. The highest BCUT2D eigenvalue weighted by Crippen LogP contribution is 2.50. The van der Waals surface area contributed by atoms with Crippen LogP contribution in [-0.4, -0.2) is 67.1 Å². The molecule has 3 aliphatic rings. The van der Waals surface area contributed by atoms with E-state index in [0.717, 1.165) is 45.4 Å². The number of carbonyl (C=O) groups excluding carboxylic acids is 1. The summed E-state index contributed by atoms with van der Waals surface area (Å²) < 4.78 is 5.12. The van der Waals surface area contributed by atoms with Crippen molar-refractivity contribution in [1.82, 2.24) is 15.1 Å². The standard InChI is InChI=1S/C16H29N5O2/c1-2-23-15(22)21-8-5-16(11-21)9-14(10-16)20-6-3-13(4-7-20)18-12-19-17/h12-14H,2-11,17H2,1H3,(H,18,19). The van der Waals surface area contributed by atoms with Gasteiger partial charge in [-0.25, -0.2) is 4.79 Å². The maximum Gasteiger partial charge on any atom is 0.409 e. The normalized spacial score (nSPS) is 32.4. The minimum absolute atomic E-state index is 0.138. The lowest BCUT2D eigenvalue weighted by Gasteiger charge is -2.51. The number of nitrogens with one attached hydrogen (secondary N) is 1. The highest BCUT2D eigenvalue weighted by atomic mass is 16.6. The topological polar surface area (TPSA) is 83.2 Å². The number of rotatable bonds is 4. The van der Waals surface area contributed by atoms with Crippen molar-refractivity contribution in [2.75, 3.05) is 32.8 Å². The zero-order valence-electron chi connectivity index (χ0n) is 14.0. The van der Waals surface area contributed by atoms with E-state index in [1.165, 1.54) is 12.8 Å². The zero-order chi connectivity index (χ0) is 16.3. The van der Waals surface area contributed by atoms with E-state index in [2.05, 4.69) is 15.3 Å². The Labute approximate surface area is 138 Å². The third-order valence-corrected chi connectivity index (χ3v) is 5.73. The first-order valence-corrected chi connectivity index (χ1v) is 8.79. The molecule has 0 unspecified atom stereocenters. The van der Waals surface area contributed by atoms with Crippen molar-refractivity contribution in [3.63, 3.8) is 0 Å². The van der Waals surface area contributed by atoms with Crippen LogP contribution < -0.4 is 11.2 Å². The van der Waals surface area contributed by atoms with E-state index in [0.29, 0.717) is 24.1 Å². The molecule has 0 aromatic rings. The van der Waals surface area contributed by atoms with Crippen molar-refractivity contribution in [3.05, 3.63) is 0 Å². The molecule has 23 heavy (non-hydrogen) atoms. The SMILES string of the molecule is CCOC(=O)N1CCC2(CC(N3CCC(N/C=N\N)CC3)C2)C1. The Kier molecular flexibility index (Phi) is 4.94. The van der Waals surface area contributed by atoms with E-state index >= 15 is 0 Å². The van der Waals surface area contributed by atoms with Gasteiger partial charge >= 0.3 is 6.09 Å². The maximum atomic E-state index is 11.8. The lowest BCUT2D eigenvalue weighted by atomic mass is 9.64. The average Bonchev–Trinajstić information content (AvgIpc) is 2.98. The predicted molar refractivity (Wildman–Crippen MR) is 89.1 cm³/mol. The fourth-order valence-electron chi connectivity index (χ4n) is 4.42. The molecule has 1 amide bonds. The van der Waals surface area contributed by atoms with Crippen molar-refractivity contribution in [3.8, 4) is 0 Å². The maximum absolute atomic E-state index is 11.8. The van der Waals surface area contributed by atoms with Crippen LogP contribution in [0.2, 0.25) is 0 Å². The minimum atomic E-state index is -0.138. The van der Waals surface area contributed by atoms with E-state index in [4.69, 9.17) is 10.6 Å². The molecule has 0 aromatic heterocycles. The van der Waals surface area contributed by atoms with Crippen LogP contribution in [0.15, 0.2) is 5.10 Å². The molecule has 7 nitrogen and oxygen atoms in total. The second kappa shape index (κ2) is 6.95. The molecule has 0 radical (unpaired) electrons. The number of likely N-dealkylation sites (tertiary alicyclic amines) is 2. The second-order valence-corrected chi connectivity index (χ2v) is 7.19. The molecule has 1 saturated carbocycles. The monoisotopic (exact) mass is 323 g/mol. The van der Waals surface area contributed by atoms with E-state index in [-0.39, 0.29) is 6.09 Å². The lowest BCUT2D eigenvalue weighted by molar-refractivity contribution is -0.00516. The first-order chi connectivity index (χ1) is 11.2. The Bertz CT molecular complexity index is 442. The van der Waals surface area contributed by atoms with E-state index < -0.39 is 0 Å². The van der Waals surface area contributed by atoms with Crippen molar-refractivity contribution in [2.24, 2.45) is 16.4 Å². The highest BCUT2D eigenvalue weighted by molar-refractivity contribution is 5.68. The van der Waals surface area contributed by atoms with Gasteiger partial charge in [0.05, 0.1) is 6.61 Å². The molecule has 7 heteroatoms. The van der Waals surface area contributed by atoms with Crippen LogP contribution in [0.25, 0.3) is 0 Å². The average molecular weight is 323 g/mol. The third kappa shape index (κ3) is 3.54. The Morgan fingerprint density at radius 1 is 1.39 bits per heavy atom. The highest BCUT2D eigenvalue weighted by Gasteiger charge is 2.51. The lowest BCUT2D eigenvalue weighted by Crippen LogP contribution is -2.55. The zero-order valence-corrected chi connectivity index (χ0v) is 14.0. The molecule has 1 aliphatic carbocycles. The van der Waals surface area contributed by atoms with Crippen molar-refractivity contribution in [2.45, 2.75) is 51.1 Å². The van der Waals surface area contributed by atoms with Gasteiger partial charge in [-0.3, -0.25) is 0 Å². The molecule has 3 N–H and O–H groups in total. The molecule has 2 heterocycles. The number of carbonyl (C=O) groups is 1. The fourth-order valence-corrected chi connectivity index (χ4v) is 4.42. The van der Waals surface area contributed by atoms with Crippen molar-refractivity contribution < 1.29 is 9.53 Å². The van der Waals surface area contributed by atoms with Crippen molar-refractivity contribution in [1.29, 1.82) is 0 Å². The molecule has 2 saturated heterocycles. The predicted octanol–water partition coefficient (Wildman–Crippen LogP) is 0.953. The number of hydrogen-bond acceptors (Lipinski definition) is 5. The summed E-state index contributed by atoms with van der Waals surface area (Å²) in [5.74, 6) is 5.13. The summed E-state index contributed by atoms with van der Waals surface area (Å²) in [4.78, 5) is 16.4. The minimum Gasteiger partial charge on any atom is -0.450 e. The number of nitrogens with zero attached hydrogens (tertiary/aromatic N) is 3. The number of ether oxygens (including phenoxy) is 1. The van der Waals surface area contributed by atoms with Gasteiger partial charge in [0.2, 0.25) is 0 Å². The smallest absolute Gasteiger partial charge is 0.409 e. The van der Waals surface area contributed by atoms with Crippen LogP contribution in [0.3, 0.4) is 0 Å². The summed E-state index contributed by atoms with van der Waals surface area (Å²) in [5.41, 5.74) is 0.360. The molecular weight excluding hydrogens is 294 g/mol. The van der Waals surface area contributed by atoms with Gasteiger partial charge in [0, 0.05) is 38.3 Å². The second-order valence-electron chi connectivity index (χ2n) is 7.19. The third-order valence-electron chi connectivity index (χ3n) is 5.73. The summed E-state index contributed by atoms with van der Waals surface area (Å²) >= 11 is 0. The Balaban J connectivity index is 1.41. The molecule has 3 fully saturated rings. The van der Waals surface area contributed by atoms with Crippen LogP contribution >= 0.6 is 0 Å². The van der Waals surface area contributed by atoms with Gasteiger partial charge < -0.3 is 25.7 Å². The van der Waals surface area contributed by atoms with E-state index in [1.54, 1.807) is 6.34 Å². The van der Waals surface area contributed by atoms with Gasteiger partial charge in [0.15, 0.2) is 0 Å². The Morgan fingerprint density at radius 3 is 2.78 bits per heavy atom. The largest absolute Gasteiger partial charge is 0.450 e. The number of piperidine rings is 1. The van der Waals surface area contributed by atoms with Crippen LogP contribution in [0.4, 0.5) is 4.79 Å².